The largest absolute Gasteiger partial charge is 0.338 e. The van der Waals surface area contributed by atoms with Crippen LogP contribution in [0.1, 0.15) is 32.1 Å². The fourth-order valence-corrected chi connectivity index (χ4v) is 4.98. The van der Waals surface area contributed by atoms with Crippen molar-refractivity contribution in [3.05, 3.63) is 0 Å². The number of fused-ring (bicyclic) bond motifs is 5. The van der Waals surface area contributed by atoms with Crippen LogP contribution < -0.4 is 0 Å². The van der Waals surface area contributed by atoms with Gasteiger partial charge >= 0.3 is 0 Å². The molecule has 4 fully saturated rings. The Bertz CT molecular complexity index is 338. The smallest absolute Gasteiger partial charge is 0.226 e. The van der Waals surface area contributed by atoms with Crippen molar-refractivity contribution in [3.8, 4) is 0 Å². The molecule has 17 heavy (non-hydrogen) atoms. The van der Waals surface area contributed by atoms with E-state index in [0.717, 1.165) is 30.2 Å². The standard InChI is InChI=1S/C14H20ClNO/c15-5-6-16(10-3-4-10)14(17)13-11-8-1-2-9(7-8)12(11)13/h8-13H,1-7H2. The second-order valence-corrected chi connectivity index (χ2v) is 6.84. The van der Waals surface area contributed by atoms with Crippen LogP contribution in [0.2, 0.25) is 0 Å². The number of carbonyl (C=O) groups excluding carboxylic acids is 1. The molecular weight excluding hydrogens is 234 g/mol. The lowest BCUT2D eigenvalue weighted by Gasteiger charge is -2.23. The summed E-state index contributed by atoms with van der Waals surface area (Å²) in [6.07, 6.45) is 6.64. The van der Waals surface area contributed by atoms with E-state index in [4.69, 9.17) is 11.6 Å². The third-order valence-electron chi connectivity index (χ3n) is 5.62. The molecule has 4 aliphatic rings. The highest BCUT2D eigenvalue weighted by Gasteiger charge is 2.68. The summed E-state index contributed by atoms with van der Waals surface area (Å²) in [6.45, 7) is 0.774. The number of hydrogen-bond donors (Lipinski definition) is 0. The van der Waals surface area contributed by atoms with Crippen LogP contribution >= 0.6 is 11.6 Å². The maximum Gasteiger partial charge on any atom is 0.226 e. The molecule has 2 bridgehead atoms. The van der Waals surface area contributed by atoms with Crippen LogP contribution in [0.3, 0.4) is 0 Å². The molecular formula is C14H20ClNO. The number of hydrogen-bond acceptors (Lipinski definition) is 1. The summed E-state index contributed by atoms with van der Waals surface area (Å²) in [7, 11) is 0. The minimum atomic E-state index is 0.407. The first-order valence-corrected chi connectivity index (χ1v) is 7.71. The molecule has 3 heteroatoms. The summed E-state index contributed by atoms with van der Waals surface area (Å²) in [4.78, 5) is 14.7. The fraction of sp³-hybridized carbons (Fsp3) is 0.929. The first kappa shape index (κ1) is 10.7. The van der Waals surface area contributed by atoms with Gasteiger partial charge in [-0.05, 0) is 55.8 Å². The van der Waals surface area contributed by atoms with Crippen molar-refractivity contribution in [1.82, 2.24) is 4.90 Å². The van der Waals surface area contributed by atoms with Gasteiger partial charge in [-0.1, -0.05) is 0 Å². The van der Waals surface area contributed by atoms with Crippen LogP contribution in [0.25, 0.3) is 0 Å². The molecule has 0 radical (unpaired) electrons. The number of amides is 1. The van der Waals surface area contributed by atoms with Gasteiger partial charge in [0.25, 0.3) is 0 Å². The van der Waals surface area contributed by atoms with Gasteiger partial charge in [-0.3, -0.25) is 4.79 Å². The van der Waals surface area contributed by atoms with Gasteiger partial charge in [0.15, 0.2) is 0 Å². The number of rotatable bonds is 4. The maximum atomic E-state index is 12.6. The zero-order chi connectivity index (χ0) is 11.6. The molecule has 0 aromatic carbocycles. The highest BCUT2D eigenvalue weighted by atomic mass is 35.5. The Morgan fingerprint density at radius 1 is 1.12 bits per heavy atom. The molecule has 0 saturated heterocycles. The Kier molecular flexibility index (Phi) is 2.28. The quantitative estimate of drug-likeness (QED) is 0.705. The zero-order valence-electron chi connectivity index (χ0n) is 10.1. The summed E-state index contributed by atoms with van der Waals surface area (Å²) in [5.41, 5.74) is 0. The van der Waals surface area contributed by atoms with E-state index in [0.29, 0.717) is 23.7 Å². The third kappa shape index (κ3) is 1.49. The monoisotopic (exact) mass is 253 g/mol. The topological polar surface area (TPSA) is 20.3 Å². The Balaban J connectivity index is 1.47. The lowest BCUT2D eigenvalue weighted by atomic mass is 10.0. The van der Waals surface area contributed by atoms with Gasteiger partial charge in [0, 0.05) is 24.4 Å². The van der Waals surface area contributed by atoms with Gasteiger partial charge < -0.3 is 4.90 Å². The molecule has 0 aliphatic heterocycles. The van der Waals surface area contributed by atoms with Gasteiger partial charge in [-0.25, -0.2) is 0 Å². The molecule has 0 aromatic heterocycles. The van der Waals surface area contributed by atoms with E-state index >= 15 is 0 Å². The van der Waals surface area contributed by atoms with E-state index in [-0.39, 0.29) is 0 Å². The Hall–Kier alpha value is -0.240. The van der Waals surface area contributed by atoms with Crippen LogP contribution in [-0.2, 0) is 4.79 Å². The van der Waals surface area contributed by atoms with Crippen LogP contribution in [-0.4, -0.2) is 29.3 Å². The van der Waals surface area contributed by atoms with Crippen molar-refractivity contribution >= 4 is 17.5 Å². The maximum absolute atomic E-state index is 12.6. The minimum absolute atomic E-state index is 0.407. The van der Waals surface area contributed by atoms with Gasteiger partial charge in [-0.15, -0.1) is 11.6 Å². The Morgan fingerprint density at radius 2 is 1.76 bits per heavy atom. The molecule has 0 spiro atoms. The van der Waals surface area contributed by atoms with Gasteiger partial charge in [0.1, 0.15) is 0 Å². The van der Waals surface area contributed by atoms with Crippen LogP contribution in [0, 0.1) is 29.6 Å². The molecule has 0 N–H and O–H groups in total. The second-order valence-electron chi connectivity index (χ2n) is 6.47. The van der Waals surface area contributed by atoms with Gasteiger partial charge in [0.2, 0.25) is 5.91 Å². The van der Waals surface area contributed by atoms with Crippen molar-refractivity contribution in [2.45, 2.75) is 38.1 Å². The molecule has 94 valence electrons. The summed E-state index contributed by atoms with van der Waals surface area (Å²) in [6, 6.07) is 0.542. The number of nitrogens with zero attached hydrogens (tertiary/aromatic N) is 1. The van der Waals surface area contributed by atoms with E-state index in [1.165, 1.54) is 32.1 Å². The SMILES string of the molecule is O=C(C1C2C3CCC(C3)C12)N(CCCl)C1CC1. The van der Waals surface area contributed by atoms with Crippen molar-refractivity contribution < 1.29 is 4.79 Å². The van der Waals surface area contributed by atoms with Crippen LogP contribution in [0.5, 0.6) is 0 Å². The summed E-state index contributed by atoms with van der Waals surface area (Å²) in [5, 5.41) is 0. The van der Waals surface area contributed by atoms with Gasteiger partial charge in [0.05, 0.1) is 0 Å². The van der Waals surface area contributed by atoms with Crippen molar-refractivity contribution in [3.63, 3.8) is 0 Å². The zero-order valence-corrected chi connectivity index (χ0v) is 10.9. The predicted molar refractivity (Wildman–Crippen MR) is 66.8 cm³/mol. The Morgan fingerprint density at radius 3 is 2.29 bits per heavy atom. The highest BCUT2D eigenvalue weighted by Crippen LogP contribution is 2.69. The van der Waals surface area contributed by atoms with E-state index in [1.54, 1.807) is 0 Å². The fourth-order valence-electron chi connectivity index (χ4n) is 4.80. The van der Waals surface area contributed by atoms with Gasteiger partial charge in [-0.2, -0.15) is 0 Å². The van der Waals surface area contributed by atoms with E-state index in [9.17, 15) is 4.79 Å². The number of carbonyl (C=O) groups is 1. The molecule has 4 unspecified atom stereocenters. The minimum Gasteiger partial charge on any atom is -0.338 e. The second kappa shape index (κ2) is 3.63. The average molecular weight is 254 g/mol. The summed E-state index contributed by atoms with van der Waals surface area (Å²) in [5.74, 6) is 4.81. The molecule has 4 aliphatic carbocycles. The molecule has 4 atom stereocenters. The molecule has 0 aromatic rings. The Labute approximate surface area is 108 Å². The molecule has 2 nitrogen and oxygen atoms in total. The predicted octanol–water partition coefficient (Wildman–Crippen LogP) is 2.51. The molecule has 4 saturated carbocycles. The van der Waals surface area contributed by atoms with E-state index in [1.807, 2.05) is 0 Å². The number of halogens is 1. The highest BCUT2D eigenvalue weighted by molar-refractivity contribution is 6.18. The normalized spacial score (nSPS) is 45.8. The molecule has 4 rings (SSSR count). The first-order chi connectivity index (χ1) is 8.31. The lowest BCUT2D eigenvalue weighted by molar-refractivity contribution is -0.134. The average Bonchev–Trinajstić information content (AvgIpc) is 3.24. The number of alkyl halides is 1. The summed E-state index contributed by atoms with van der Waals surface area (Å²) < 4.78 is 0. The summed E-state index contributed by atoms with van der Waals surface area (Å²) >= 11 is 5.83. The molecule has 0 heterocycles. The first-order valence-electron chi connectivity index (χ1n) is 7.17. The van der Waals surface area contributed by atoms with Crippen LogP contribution in [0.4, 0.5) is 0 Å². The van der Waals surface area contributed by atoms with E-state index < -0.39 is 0 Å². The van der Waals surface area contributed by atoms with E-state index in [2.05, 4.69) is 4.90 Å². The van der Waals surface area contributed by atoms with Crippen molar-refractivity contribution in [2.24, 2.45) is 29.6 Å². The van der Waals surface area contributed by atoms with Crippen molar-refractivity contribution in [1.29, 1.82) is 0 Å². The third-order valence-corrected chi connectivity index (χ3v) is 5.79. The molecule has 1 amide bonds. The lowest BCUT2D eigenvalue weighted by Crippen LogP contribution is -2.37. The van der Waals surface area contributed by atoms with Crippen LogP contribution in [0.15, 0.2) is 0 Å². The van der Waals surface area contributed by atoms with Crippen molar-refractivity contribution in [2.75, 3.05) is 12.4 Å².